The maximum absolute atomic E-state index is 11.3. The normalized spacial score (nSPS) is 15.8. The van der Waals surface area contributed by atoms with Crippen LogP contribution < -0.4 is 10.6 Å². The van der Waals surface area contributed by atoms with Crippen LogP contribution in [0.4, 0.5) is 4.79 Å². The van der Waals surface area contributed by atoms with Crippen LogP contribution in [0, 0.1) is 0 Å². The molecule has 7 heteroatoms. The van der Waals surface area contributed by atoms with Crippen LogP contribution in [0.15, 0.2) is 0 Å². The first-order chi connectivity index (χ1) is 7.79. The number of ether oxygens (including phenoxy) is 1. The third-order valence-electron chi connectivity index (χ3n) is 2.19. The standard InChI is InChI=1S/C10H20N2O5/c1-7(4-5-17-3)12-9(15)11-6-10(2,16)8(13)14/h7,16H,4-6H2,1-3H3,(H,13,14)(H2,11,12,15). The van der Waals surface area contributed by atoms with E-state index in [1.165, 1.54) is 0 Å². The number of carbonyl (C=O) groups excluding carboxylic acids is 1. The number of hydrogen-bond acceptors (Lipinski definition) is 4. The van der Waals surface area contributed by atoms with Gasteiger partial charge < -0.3 is 25.6 Å². The molecule has 0 heterocycles. The van der Waals surface area contributed by atoms with Gasteiger partial charge in [-0.1, -0.05) is 0 Å². The molecule has 0 fully saturated rings. The Morgan fingerprint density at radius 2 is 2.06 bits per heavy atom. The number of hydrogen-bond donors (Lipinski definition) is 4. The highest BCUT2D eigenvalue weighted by atomic mass is 16.5. The number of carboxylic acid groups (broad SMARTS) is 1. The van der Waals surface area contributed by atoms with Crippen LogP contribution in [0.1, 0.15) is 20.3 Å². The quantitative estimate of drug-likeness (QED) is 0.488. The molecule has 0 aromatic carbocycles. The van der Waals surface area contributed by atoms with Gasteiger partial charge in [0.15, 0.2) is 5.60 Å². The molecule has 0 aliphatic rings. The van der Waals surface area contributed by atoms with Crippen molar-refractivity contribution in [2.45, 2.75) is 31.9 Å². The molecule has 2 unspecified atom stereocenters. The van der Waals surface area contributed by atoms with Crippen LogP contribution in [-0.2, 0) is 9.53 Å². The number of rotatable bonds is 7. The van der Waals surface area contributed by atoms with Gasteiger partial charge in [-0.25, -0.2) is 9.59 Å². The van der Waals surface area contributed by atoms with Crippen molar-refractivity contribution in [1.29, 1.82) is 0 Å². The Morgan fingerprint density at radius 1 is 1.47 bits per heavy atom. The van der Waals surface area contributed by atoms with E-state index in [1.54, 1.807) is 14.0 Å². The zero-order valence-electron chi connectivity index (χ0n) is 10.3. The molecule has 4 N–H and O–H groups in total. The average molecular weight is 248 g/mol. The lowest BCUT2D eigenvalue weighted by atomic mass is 10.1. The van der Waals surface area contributed by atoms with E-state index in [0.717, 1.165) is 6.92 Å². The molecule has 0 saturated carbocycles. The first-order valence-corrected chi connectivity index (χ1v) is 5.28. The van der Waals surface area contributed by atoms with E-state index >= 15 is 0 Å². The molecule has 0 aliphatic heterocycles. The first kappa shape index (κ1) is 15.7. The molecule has 100 valence electrons. The summed E-state index contributed by atoms with van der Waals surface area (Å²) < 4.78 is 4.85. The lowest BCUT2D eigenvalue weighted by molar-refractivity contribution is -0.155. The van der Waals surface area contributed by atoms with Gasteiger partial charge in [-0.15, -0.1) is 0 Å². The Bertz CT molecular complexity index is 267. The minimum Gasteiger partial charge on any atom is -0.479 e. The van der Waals surface area contributed by atoms with Gasteiger partial charge in [0.2, 0.25) is 0 Å². The second-order valence-corrected chi connectivity index (χ2v) is 4.09. The number of urea groups is 1. The van der Waals surface area contributed by atoms with Crippen LogP contribution in [0.2, 0.25) is 0 Å². The third-order valence-corrected chi connectivity index (χ3v) is 2.19. The van der Waals surface area contributed by atoms with Crippen molar-refractivity contribution in [2.75, 3.05) is 20.3 Å². The van der Waals surface area contributed by atoms with Crippen LogP contribution in [0.3, 0.4) is 0 Å². The van der Waals surface area contributed by atoms with Gasteiger partial charge in [0.05, 0.1) is 6.54 Å². The second-order valence-electron chi connectivity index (χ2n) is 4.09. The SMILES string of the molecule is COCCC(C)NC(=O)NCC(C)(O)C(=O)O. The zero-order chi connectivity index (χ0) is 13.5. The number of methoxy groups -OCH3 is 1. The molecule has 2 atom stereocenters. The summed E-state index contributed by atoms with van der Waals surface area (Å²) in [5, 5.41) is 22.9. The number of nitrogens with one attached hydrogen (secondary N) is 2. The number of carbonyl (C=O) groups is 2. The lowest BCUT2D eigenvalue weighted by Gasteiger charge is -2.20. The molecule has 0 bridgehead atoms. The number of aliphatic hydroxyl groups is 1. The van der Waals surface area contributed by atoms with Crippen molar-refractivity contribution < 1.29 is 24.5 Å². The van der Waals surface area contributed by atoms with Crippen LogP contribution in [0.25, 0.3) is 0 Å². The van der Waals surface area contributed by atoms with Crippen LogP contribution >= 0.6 is 0 Å². The molecule has 7 nitrogen and oxygen atoms in total. The highest BCUT2D eigenvalue weighted by Gasteiger charge is 2.30. The lowest BCUT2D eigenvalue weighted by Crippen LogP contribution is -2.50. The fourth-order valence-electron chi connectivity index (χ4n) is 0.970. The summed E-state index contributed by atoms with van der Waals surface area (Å²) >= 11 is 0. The Kier molecular flexibility index (Phi) is 6.52. The molecule has 0 rings (SSSR count). The smallest absolute Gasteiger partial charge is 0.337 e. The molecule has 0 aromatic rings. The van der Waals surface area contributed by atoms with Crippen molar-refractivity contribution in [2.24, 2.45) is 0 Å². The van der Waals surface area contributed by atoms with Crippen molar-refractivity contribution in [3.63, 3.8) is 0 Å². The molecule has 17 heavy (non-hydrogen) atoms. The highest BCUT2D eigenvalue weighted by Crippen LogP contribution is 2.00. The summed E-state index contributed by atoms with van der Waals surface area (Å²) in [6.45, 7) is 3.08. The summed E-state index contributed by atoms with van der Waals surface area (Å²) in [5.74, 6) is -1.38. The van der Waals surface area contributed by atoms with Crippen LogP contribution in [-0.4, -0.2) is 54.1 Å². The van der Waals surface area contributed by atoms with Crippen molar-refractivity contribution in [1.82, 2.24) is 10.6 Å². The van der Waals surface area contributed by atoms with E-state index in [9.17, 15) is 14.7 Å². The molecule has 2 amide bonds. The van der Waals surface area contributed by atoms with E-state index in [0.29, 0.717) is 13.0 Å². The van der Waals surface area contributed by atoms with Crippen molar-refractivity contribution in [3.05, 3.63) is 0 Å². The van der Waals surface area contributed by atoms with Crippen LogP contribution in [0.5, 0.6) is 0 Å². The van der Waals surface area contributed by atoms with E-state index < -0.39 is 17.6 Å². The van der Waals surface area contributed by atoms with Gasteiger partial charge >= 0.3 is 12.0 Å². The topological polar surface area (TPSA) is 108 Å². The highest BCUT2D eigenvalue weighted by molar-refractivity contribution is 5.79. The zero-order valence-corrected chi connectivity index (χ0v) is 10.3. The minimum atomic E-state index is -1.97. The van der Waals surface area contributed by atoms with Gasteiger partial charge in [-0.2, -0.15) is 0 Å². The van der Waals surface area contributed by atoms with Gasteiger partial charge in [0.25, 0.3) is 0 Å². The Morgan fingerprint density at radius 3 is 2.53 bits per heavy atom. The third kappa shape index (κ3) is 6.75. The maximum atomic E-state index is 11.3. The largest absolute Gasteiger partial charge is 0.479 e. The molecule has 0 aliphatic carbocycles. The summed E-state index contributed by atoms with van der Waals surface area (Å²) in [6, 6.07) is -0.611. The molecule has 0 aromatic heterocycles. The summed E-state index contributed by atoms with van der Waals surface area (Å²) in [6.07, 6.45) is 0.652. The summed E-state index contributed by atoms with van der Waals surface area (Å²) in [4.78, 5) is 21.9. The maximum Gasteiger partial charge on any atom is 0.337 e. The van der Waals surface area contributed by atoms with Crippen molar-refractivity contribution in [3.8, 4) is 0 Å². The predicted octanol–water partition coefficient (Wildman–Crippen LogP) is -0.454. The van der Waals surface area contributed by atoms with E-state index in [4.69, 9.17) is 9.84 Å². The van der Waals surface area contributed by atoms with Gasteiger partial charge in [0.1, 0.15) is 0 Å². The average Bonchev–Trinajstić information content (AvgIpc) is 2.23. The van der Waals surface area contributed by atoms with Gasteiger partial charge in [-0.3, -0.25) is 0 Å². The summed E-state index contributed by atoms with van der Waals surface area (Å²) in [5.41, 5.74) is -1.97. The first-order valence-electron chi connectivity index (χ1n) is 5.28. The van der Waals surface area contributed by atoms with E-state index in [2.05, 4.69) is 10.6 Å². The Labute approximate surface area is 100 Å². The fraction of sp³-hybridized carbons (Fsp3) is 0.800. The monoisotopic (exact) mass is 248 g/mol. The second kappa shape index (κ2) is 7.08. The van der Waals surface area contributed by atoms with Gasteiger partial charge in [0, 0.05) is 19.8 Å². The summed E-state index contributed by atoms with van der Waals surface area (Å²) in [7, 11) is 1.57. The fourth-order valence-corrected chi connectivity index (χ4v) is 0.970. The molecule has 0 saturated heterocycles. The molecule has 0 spiro atoms. The Hall–Kier alpha value is -1.34. The van der Waals surface area contributed by atoms with Crippen molar-refractivity contribution >= 4 is 12.0 Å². The minimum absolute atomic E-state index is 0.0928. The van der Waals surface area contributed by atoms with E-state index in [-0.39, 0.29) is 12.6 Å². The number of amides is 2. The van der Waals surface area contributed by atoms with E-state index in [1.807, 2.05) is 0 Å². The molecular weight excluding hydrogens is 228 g/mol. The Balaban J connectivity index is 3.91. The number of aliphatic carboxylic acids is 1. The molecule has 0 radical (unpaired) electrons. The molecular formula is C10H20N2O5. The predicted molar refractivity (Wildman–Crippen MR) is 60.7 cm³/mol. The number of carboxylic acids is 1. The van der Waals surface area contributed by atoms with Gasteiger partial charge in [-0.05, 0) is 20.3 Å².